The molecule has 0 aromatic rings. The van der Waals surface area contributed by atoms with E-state index in [0.717, 1.165) is 44.5 Å². The third kappa shape index (κ3) is 8.01. The molecule has 1 saturated carbocycles. The predicted molar refractivity (Wildman–Crippen MR) is 120 cm³/mol. The van der Waals surface area contributed by atoms with Gasteiger partial charge in [-0.2, -0.15) is 0 Å². The lowest BCUT2D eigenvalue weighted by molar-refractivity contribution is -0.133. The molecule has 0 bridgehead atoms. The van der Waals surface area contributed by atoms with Crippen LogP contribution in [0.3, 0.4) is 0 Å². The Morgan fingerprint density at radius 1 is 1.19 bits per heavy atom. The summed E-state index contributed by atoms with van der Waals surface area (Å²) < 4.78 is 0. The van der Waals surface area contributed by atoms with E-state index in [-0.39, 0.29) is 35.8 Å². The Balaban J connectivity index is 0.00000338. The molecule has 1 saturated heterocycles. The van der Waals surface area contributed by atoms with Gasteiger partial charge in [0, 0.05) is 38.1 Å². The zero-order chi connectivity index (χ0) is 18.1. The molecule has 1 heterocycles. The Labute approximate surface area is 177 Å². The van der Waals surface area contributed by atoms with Crippen molar-refractivity contribution < 1.29 is 4.79 Å². The Kier molecular flexibility index (Phi) is 11.6. The van der Waals surface area contributed by atoms with Gasteiger partial charge in [0.25, 0.3) is 0 Å². The zero-order valence-electron chi connectivity index (χ0n) is 16.9. The molecule has 2 fully saturated rings. The van der Waals surface area contributed by atoms with E-state index in [4.69, 9.17) is 4.99 Å². The first-order valence-electron chi connectivity index (χ1n) is 10.4. The lowest BCUT2D eigenvalue weighted by Gasteiger charge is -2.21. The van der Waals surface area contributed by atoms with Crippen LogP contribution in [0.2, 0.25) is 0 Å². The quantitative estimate of drug-likeness (QED) is 0.254. The van der Waals surface area contributed by atoms with E-state index in [1.54, 1.807) is 0 Å². The zero-order valence-corrected chi connectivity index (χ0v) is 19.3. The fourth-order valence-electron chi connectivity index (χ4n) is 4.00. The summed E-state index contributed by atoms with van der Waals surface area (Å²) in [5.74, 6) is 2.19. The van der Waals surface area contributed by atoms with Crippen molar-refractivity contribution in [2.24, 2.45) is 16.8 Å². The molecule has 1 aliphatic heterocycles. The molecular weight excluding hydrogens is 439 g/mol. The van der Waals surface area contributed by atoms with Gasteiger partial charge in [-0.05, 0) is 32.1 Å². The number of carbonyl (C=O) groups is 1. The van der Waals surface area contributed by atoms with Crippen molar-refractivity contribution in [3.63, 3.8) is 0 Å². The van der Waals surface area contributed by atoms with Gasteiger partial charge in [0.05, 0.1) is 0 Å². The number of hydrogen-bond acceptors (Lipinski definition) is 2. The molecule has 1 aliphatic carbocycles. The van der Waals surface area contributed by atoms with Gasteiger partial charge in [0.2, 0.25) is 5.91 Å². The van der Waals surface area contributed by atoms with Crippen LogP contribution in [0.5, 0.6) is 0 Å². The number of amides is 1. The first kappa shape index (κ1) is 23.5. The molecule has 1 unspecified atom stereocenters. The van der Waals surface area contributed by atoms with Crippen molar-refractivity contribution in [3.8, 4) is 0 Å². The molecule has 2 aliphatic rings. The Bertz CT molecular complexity index is 436. The molecule has 0 spiro atoms. The maximum atomic E-state index is 12.1. The van der Waals surface area contributed by atoms with Gasteiger partial charge in [-0.3, -0.25) is 9.79 Å². The first-order chi connectivity index (χ1) is 12.1. The fraction of sp³-hybridized carbons (Fsp3) is 0.900. The fourth-order valence-corrected chi connectivity index (χ4v) is 4.00. The van der Waals surface area contributed by atoms with E-state index in [0.29, 0.717) is 6.04 Å². The van der Waals surface area contributed by atoms with Gasteiger partial charge in [-0.25, -0.2) is 0 Å². The minimum absolute atomic E-state index is 0. The molecule has 2 rings (SSSR count). The molecular formula is C20H39IN4O. The van der Waals surface area contributed by atoms with Crippen LogP contribution in [-0.2, 0) is 4.79 Å². The van der Waals surface area contributed by atoms with E-state index in [9.17, 15) is 4.79 Å². The van der Waals surface area contributed by atoms with Crippen molar-refractivity contribution in [2.45, 2.75) is 78.2 Å². The van der Waals surface area contributed by atoms with Gasteiger partial charge in [-0.1, -0.05) is 46.0 Å². The molecule has 0 radical (unpaired) electrons. The number of guanidine groups is 1. The maximum absolute atomic E-state index is 12.1. The summed E-state index contributed by atoms with van der Waals surface area (Å²) in [4.78, 5) is 18.9. The van der Waals surface area contributed by atoms with Crippen LogP contribution in [0.15, 0.2) is 4.99 Å². The first-order valence-corrected chi connectivity index (χ1v) is 10.4. The van der Waals surface area contributed by atoms with E-state index in [1.807, 2.05) is 18.7 Å². The highest BCUT2D eigenvalue weighted by Gasteiger charge is 2.27. The average molecular weight is 478 g/mol. The predicted octanol–water partition coefficient (Wildman–Crippen LogP) is 3.78. The van der Waals surface area contributed by atoms with Crippen LogP contribution in [0.4, 0.5) is 0 Å². The summed E-state index contributed by atoms with van der Waals surface area (Å²) in [6.07, 6.45) is 10.6. The van der Waals surface area contributed by atoms with E-state index >= 15 is 0 Å². The molecule has 152 valence electrons. The van der Waals surface area contributed by atoms with Crippen LogP contribution >= 0.6 is 24.0 Å². The van der Waals surface area contributed by atoms with E-state index in [1.165, 1.54) is 44.9 Å². The Morgan fingerprint density at radius 2 is 1.92 bits per heavy atom. The van der Waals surface area contributed by atoms with E-state index in [2.05, 4.69) is 17.6 Å². The standard InChI is InChI=1S/C20H38N4O.HI/c1-4-21-20(22-13-8-11-17-9-6-5-7-10-17)23-18-12-14-24(15-18)19(25)16(2)3;/h16-18H,4-15H2,1-3H3,(H2,21,22,23);1H. The second kappa shape index (κ2) is 12.8. The Hall–Kier alpha value is -0.530. The number of nitrogens with zero attached hydrogens (tertiary/aromatic N) is 2. The summed E-state index contributed by atoms with van der Waals surface area (Å²) in [5.41, 5.74) is 0. The lowest BCUT2D eigenvalue weighted by Crippen LogP contribution is -2.45. The van der Waals surface area contributed by atoms with Crippen LogP contribution < -0.4 is 10.6 Å². The van der Waals surface area contributed by atoms with Crippen molar-refractivity contribution in [2.75, 3.05) is 26.2 Å². The van der Waals surface area contributed by atoms with Crippen LogP contribution in [0.25, 0.3) is 0 Å². The third-order valence-electron chi connectivity index (χ3n) is 5.44. The van der Waals surface area contributed by atoms with Gasteiger partial charge < -0.3 is 15.5 Å². The lowest BCUT2D eigenvalue weighted by atomic mass is 9.86. The van der Waals surface area contributed by atoms with Gasteiger partial charge >= 0.3 is 0 Å². The second-order valence-corrected chi connectivity index (χ2v) is 7.98. The molecule has 0 aromatic heterocycles. The summed E-state index contributed by atoms with van der Waals surface area (Å²) in [6.45, 7) is 9.46. The normalized spacial score (nSPS) is 21.6. The number of likely N-dealkylation sites (tertiary alicyclic amines) is 1. The largest absolute Gasteiger partial charge is 0.357 e. The molecule has 1 atom stereocenters. The molecule has 0 aromatic carbocycles. The molecule has 6 heteroatoms. The molecule has 5 nitrogen and oxygen atoms in total. The third-order valence-corrected chi connectivity index (χ3v) is 5.44. The van der Waals surface area contributed by atoms with Crippen LogP contribution in [0, 0.1) is 11.8 Å². The van der Waals surface area contributed by atoms with Crippen molar-refractivity contribution in [1.29, 1.82) is 0 Å². The van der Waals surface area contributed by atoms with Gasteiger partial charge in [-0.15, -0.1) is 24.0 Å². The average Bonchev–Trinajstić information content (AvgIpc) is 3.07. The molecule has 1 amide bonds. The summed E-state index contributed by atoms with van der Waals surface area (Å²) in [5, 5.41) is 6.87. The highest BCUT2D eigenvalue weighted by Crippen LogP contribution is 2.27. The van der Waals surface area contributed by atoms with Gasteiger partial charge in [0.15, 0.2) is 5.96 Å². The van der Waals surface area contributed by atoms with E-state index < -0.39 is 0 Å². The Morgan fingerprint density at radius 3 is 2.58 bits per heavy atom. The number of hydrogen-bond donors (Lipinski definition) is 2. The monoisotopic (exact) mass is 478 g/mol. The summed E-state index contributed by atoms with van der Waals surface area (Å²) >= 11 is 0. The SMILES string of the molecule is CCNC(=NCCCC1CCCCC1)NC1CCN(C(=O)C(C)C)C1.I. The topological polar surface area (TPSA) is 56.7 Å². The highest BCUT2D eigenvalue weighted by atomic mass is 127. The molecule has 26 heavy (non-hydrogen) atoms. The number of rotatable bonds is 7. The summed E-state index contributed by atoms with van der Waals surface area (Å²) in [7, 11) is 0. The minimum atomic E-state index is 0. The highest BCUT2D eigenvalue weighted by molar-refractivity contribution is 14.0. The van der Waals surface area contributed by atoms with Crippen molar-refractivity contribution >= 4 is 35.8 Å². The maximum Gasteiger partial charge on any atom is 0.225 e. The number of halogens is 1. The molecule has 2 N–H and O–H groups in total. The minimum Gasteiger partial charge on any atom is -0.357 e. The van der Waals surface area contributed by atoms with Crippen LogP contribution in [0.1, 0.15) is 72.1 Å². The number of nitrogens with one attached hydrogen (secondary N) is 2. The number of carbonyl (C=O) groups excluding carboxylic acids is 1. The smallest absolute Gasteiger partial charge is 0.225 e. The van der Waals surface area contributed by atoms with Gasteiger partial charge in [0.1, 0.15) is 0 Å². The van der Waals surface area contributed by atoms with Crippen molar-refractivity contribution in [1.82, 2.24) is 15.5 Å². The van der Waals surface area contributed by atoms with Crippen molar-refractivity contribution in [3.05, 3.63) is 0 Å². The van der Waals surface area contributed by atoms with Crippen LogP contribution in [-0.4, -0.2) is 49.0 Å². The summed E-state index contributed by atoms with van der Waals surface area (Å²) in [6, 6.07) is 0.318. The number of aliphatic imine (C=N–C) groups is 1. The second-order valence-electron chi connectivity index (χ2n) is 7.98.